The molecule has 1 atom stereocenters. The van der Waals surface area contributed by atoms with E-state index in [0.717, 1.165) is 0 Å². The fourth-order valence-electron chi connectivity index (χ4n) is 2.63. The maximum Gasteiger partial charge on any atom is 0.0712 e. The molecule has 2 rings (SSSR count). The predicted molar refractivity (Wildman–Crippen MR) is 81.0 cm³/mol. The highest BCUT2D eigenvalue weighted by Gasteiger charge is 2.15. The van der Waals surface area contributed by atoms with Gasteiger partial charge in [-0.2, -0.15) is 0 Å². The highest BCUT2D eigenvalue weighted by molar-refractivity contribution is 5.42. The van der Waals surface area contributed by atoms with Crippen molar-refractivity contribution < 1.29 is 0 Å². The summed E-state index contributed by atoms with van der Waals surface area (Å²) in [5.74, 6) is 5.81. The second-order valence-corrected chi connectivity index (χ2v) is 5.31. The maximum atomic E-state index is 5.81. The van der Waals surface area contributed by atoms with Crippen LogP contribution in [0.3, 0.4) is 0 Å². The lowest BCUT2D eigenvalue weighted by Crippen LogP contribution is -2.29. The predicted octanol–water partition coefficient (Wildman–Crippen LogP) is 3.47. The molecule has 0 aliphatic carbocycles. The molecule has 2 heteroatoms. The van der Waals surface area contributed by atoms with Crippen molar-refractivity contribution in [1.29, 1.82) is 0 Å². The SMILES string of the molecule is Cc1cc(C)cc(C(NN)c2cccc(C)c2C)c1. The summed E-state index contributed by atoms with van der Waals surface area (Å²) in [4.78, 5) is 0. The normalized spacial score (nSPS) is 12.5. The van der Waals surface area contributed by atoms with Gasteiger partial charge in [-0.05, 0) is 49.9 Å². The summed E-state index contributed by atoms with van der Waals surface area (Å²) < 4.78 is 0. The molecule has 2 aromatic carbocycles. The summed E-state index contributed by atoms with van der Waals surface area (Å²) in [6.45, 7) is 8.52. The van der Waals surface area contributed by atoms with E-state index in [2.05, 4.69) is 69.5 Å². The third-order valence-electron chi connectivity index (χ3n) is 3.70. The largest absolute Gasteiger partial charge is 0.271 e. The number of nitrogens with two attached hydrogens (primary N) is 1. The minimum Gasteiger partial charge on any atom is -0.271 e. The van der Waals surface area contributed by atoms with Gasteiger partial charge in [-0.15, -0.1) is 0 Å². The first-order valence-electron chi connectivity index (χ1n) is 6.63. The van der Waals surface area contributed by atoms with Crippen LogP contribution in [0.2, 0.25) is 0 Å². The van der Waals surface area contributed by atoms with Crippen LogP contribution < -0.4 is 11.3 Å². The van der Waals surface area contributed by atoms with E-state index in [-0.39, 0.29) is 6.04 Å². The van der Waals surface area contributed by atoms with Gasteiger partial charge < -0.3 is 0 Å². The van der Waals surface area contributed by atoms with Crippen molar-refractivity contribution in [2.24, 2.45) is 5.84 Å². The first-order chi connectivity index (χ1) is 9.02. The van der Waals surface area contributed by atoms with Gasteiger partial charge in [0.1, 0.15) is 0 Å². The summed E-state index contributed by atoms with van der Waals surface area (Å²) in [6, 6.07) is 13.0. The van der Waals surface area contributed by atoms with Crippen LogP contribution in [0.15, 0.2) is 36.4 Å². The molecule has 0 bridgehead atoms. The smallest absolute Gasteiger partial charge is 0.0712 e. The summed E-state index contributed by atoms with van der Waals surface area (Å²) in [5, 5.41) is 0. The zero-order valence-corrected chi connectivity index (χ0v) is 12.1. The van der Waals surface area contributed by atoms with Crippen LogP contribution in [-0.2, 0) is 0 Å². The van der Waals surface area contributed by atoms with Crippen LogP contribution in [0.25, 0.3) is 0 Å². The van der Waals surface area contributed by atoms with Crippen LogP contribution in [0.5, 0.6) is 0 Å². The van der Waals surface area contributed by atoms with Crippen LogP contribution in [0.4, 0.5) is 0 Å². The Morgan fingerprint density at radius 2 is 1.58 bits per heavy atom. The van der Waals surface area contributed by atoms with Crippen LogP contribution in [0.1, 0.15) is 39.4 Å². The molecule has 0 fully saturated rings. The summed E-state index contributed by atoms with van der Waals surface area (Å²) >= 11 is 0. The van der Waals surface area contributed by atoms with E-state index in [0.29, 0.717) is 0 Å². The summed E-state index contributed by atoms with van der Waals surface area (Å²) in [5.41, 5.74) is 10.5. The lowest BCUT2D eigenvalue weighted by atomic mass is 9.91. The molecule has 2 nitrogen and oxygen atoms in total. The van der Waals surface area contributed by atoms with Crippen molar-refractivity contribution >= 4 is 0 Å². The van der Waals surface area contributed by atoms with E-state index in [4.69, 9.17) is 5.84 Å². The van der Waals surface area contributed by atoms with E-state index in [1.165, 1.54) is 33.4 Å². The number of hydrazine groups is 1. The number of hydrogen-bond acceptors (Lipinski definition) is 2. The maximum absolute atomic E-state index is 5.81. The molecule has 2 aromatic rings. The molecule has 0 saturated carbocycles. The molecule has 0 amide bonds. The fraction of sp³-hybridized carbons (Fsp3) is 0.294. The van der Waals surface area contributed by atoms with E-state index >= 15 is 0 Å². The third-order valence-corrected chi connectivity index (χ3v) is 3.70. The number of aryl methyl sites for hydroxylation is 3. The van der Waals surface area contributed by atoms with Crippen molar-refractivity contribution in [1.82, 2.24) is 5.43 Å². The Morgan fingerprint density at radius 3 is 2.16 bits per heavy atom. The molecular formula is C17H22N2. The van der Waals surface area contributed by atoms with Crippen molar-refractivity contribution in [3.05, 3.63) is 69.8 Å². The molecule has 0 radical (unpaired) electrons. The fourth-order valence-corrected chi connectivity index (χ4v) is 2.63. The average molecular weight is 254 g/mol. The highest BCUT2D eigenvalue weighted by atomic mass is 15.2. The van der Waals surface area contributed by atoms with Gasteiger partial charge in [-0.3, -0.25) is 5.84 Å². The van der Waals surface area contributed by atoms with Gasteiger partial charge in [-0.1, -0.05) is 47.5 Å². The Kier molecular flexibility index (Phi) is 4.03. The van der Waals surface area contributed by atoms with Gasteiger partial charge in [0, 0.05) is 0 Å². The molecular weight excluding hydrogens is 232 g/mol. The Morgan fingerprint density at radius 1 is 0.947 bits per heavy atom. The van der Waals surface area contributed by atoms with Gasteiger partial charge in [0.2, 0.25) is 0 Å². The Hall–Kier alpha value is -1.64. The van der Waals surface area contributed by atoms with E-state index in [1.54, 1.807) is 0 Å². The highest BCUT2D eigenvalue weighted by Crippen LogP contribution is 2.27. The number of nitrogens with one attached hydrogen (secondary N) is 1. The minimum absolute atomic E-state index is 0.0403. The van der Waals surface area contributed by atoms with Crippen LogP contribution in [-0.4, -0.2) is 0 Å². The molecule has 0 aliphatic rings. The van der Waals surface area contributed by atoms with E-state index < -0.39 is 0 Å². The van der Waals surface area contributed by atoms with E-state index in [9.17, 15) is 0 Å². The van der Waals surface area contributed by atoms with Gasteiger partial charge in [0.15, 0.2) is 0 Å². The molecule has 0 heterocycles. The second-order valence-electron chi connectivity index (χ2n) is 5.31. The molecule has 19 heavy (non-hydrogen) atoms. The minimum atomic E-state index is 0.0403. The van der Waals surface area contributed by atoms with Crippen molar-refractivity contribution in [2.45, 2.75) is 33.7 Å². The second kappa shape index (κ2) is 5.55. The Balaban J connectivity index is 2.53. The van der Waals surface area contributed by atoms with Gasteiger partial charge in [0.25, 0.3) is 0 Å². The topological polar surface area (TPSA) is 38.0 Å². The first kappa shape index (κ1) is 13.8. The average Bonchev–Trinajstić information content (AvgIpc) is 2.34. The molecule has 1 unspecified atom stereocenters. The number of rotatable bonds is 3. The number of benzene rings is 2. The van der Waals surface area contributed by atoms with Crippen molar-refractivity contribution in [3.63, 3.8) is 0 Å². The molecule has 3 N–H and O–H groups in total. The lowest BCUT2D eigenvalue weighted by molar-refractivity contribution is 0.632. The monoisotopic (exact) mass is 254 g/mol. The van der Waals surface area contributed by atoms with Gasteiger partial charge in [-0.25, -0.2) is 5.43 Å². The van der Waals surface area contributed by atoms with Crippen molar-refractivity contribution in [3.8, 4) is 0 Å². The Bertz CT molecular complexity index is 568. The zero-order valence-electron chi connectivity index (χ0n) is 12.1. The van der Waals surface area contributed by atoms with Gasteiger partial charge >= 0.3 is 0 Å². The molecule has 100 valence electrons. The lowest BCUT2D eigenvalue weighted by Gasteiger charge is -2.21. The Labute approximate surface area is 115 Å². The van der Waals surface area contributed by atoms with E-state index in [1.807, 2.05) is 0 Å². The molecule has 0 aromatic heterocycles. The third kappa shape index (κ3) is 2.86. The molecule has 0 aliphatic heterocycles. The molecule has 0 spiro atoms. The first-order valence-corrected chi connectivity index (χ1v) is 6.63. The summed E-state index contributed by atoms with van der Waals surface area (Å²) in [6.07, 6.45) is 0. The quantitative estimate of drug-likeness (QED) is 0.650. The van der Waals surface area contributed by atoms with Crippen LogP contribution >= 0.6 is 0 Å². The standard InChI is InChI=1S/C17H22N2/c1-11-8-12(2)10-15(9-11)17(19-18)16-7-5-6-13(3)14(16)4/h5-10,17,19H,18H2,1-4H3. The molecule has 0 saturated heterocycles. The van der Waals surface area contributed by atoms with Crippen LogP contribution in [0, 0.1) is 27.7 Å². The van der Waals surface area contributed by atoms with Crippen molar-refractivity contribution in [2.75, 3.05) is 0 Å². The zero-order chi connectivity index (χ0) is 14.0. The van der Waals surface area contributed by atoms with Gasteiger partial charge in [0.05, 0.1) is 6.04 Å². The number of hydrogen-bond donors (Lipinski definition) is 2. The summed E-state index contributed by atoms with van der Waals surface area (Å²) in [7, 11) is 0.